The molecule has 3 N–H and O–H groups in total. The Labute approximate surface area is 108 Å². The van der Waals surface area contributed by atoms with E-state index in [-0.39, 0.29) is 0 Å². The summed E-state index contributed by atoms with van der Waals surface area (Å²) in [5.74, 6) is 0. The molecule has 0 aliphatic carbocycles. The van der Waals surface area contributed by atoms with Gasteiger partial charge in [-0.1, -0.05) is 13.0 Å². The standard InChI is InChI=1S/C14H20N4/c1-4-13-11(9-18(3)17-13)8-16-14-7-10(2)5-6-12(14)15/h5-7,9,16H,4,8,15H2,1-3H3. The van der Waals surface area contributed by atoms with Crippen molar-refractivity contribution in [3.05, 3.63) is 41.2 Å². The van der Waals surface area contributed by atoms with E-state index in [4.69, 9.17) is 5.73 Å². The van der Waals surface area contributed by atoms with Crippen LogP contribution in [0.3, 0.4) is 0 Å². The molecule has 0 saturated heterocycles. The summed E-state index contributed by atoms with van der Waals surface area (Å²) in [6.07, 6.45) is 3.00. The number of hydrogen-bond donors (Lipinski definition) is 2. The Kier molecular flexibility index (Phi) is 3.55. The van der Waals surface area contributed by atoms with Crippen LogP contribution in [0, 0.1) is 6.92 Å². The van der Waals surface area contributed by atoms with Crippen LogP contribution in [-0.2, 0) is 20.0 Å². The van der Waals surface area contributed by atoms with Gasteiger partial charge in [0.25, 0.3) is 0 Å². The van der Waals surface area contributed by atoms with Crippen LogP contribution in [0.1, 0.15) is 23.7 Å². The second kappa shape index (κ2) is 5.12. The second-order valence-electron chi connectivity index (χ2n) is 4.57. The van der Waals surface area contributed by atoms with Gasteiger partial charge in [0.1, 0.15) is 0 Å². The molecular formula is C14H20N4. The molecule has 0 bridgehead atoms. The van der Waals surface area contributed by atoms with Gasteiger partial charge in [0.2, 0.25) is 0 Å². The van der Waals surface area contributed by atoms with Crippen molar-refractivity contribution in [2.45, 2.75) is 26.8 Å². The van der Waals surface area contributed by atoms with Gasteiger partial charge in [-0.05, 0) is 31.0 Å². The Morgan fingerprint density at radius 2 is 2.17 bits per heavy atom. The highest BCUT2D eigenvalue weighted by atomic mass is 15.3. The summed E-state index contributed by atoms with van der Waals surface area (Å²) in [5.41, 5.74) is 11.3. The number of aromatic nitrogens is 2. The molecule has 0 fully saturated rings. The van der Waals surface area contributed by atoms with Crippen molar-refractivity contribution in [1.82, 2.24) is 9.78 Å². The molecule has 4 heteroatoms. The fraction of sp³-hybridized carbons (Fsp3) is 0.357. The summed E-state index contributed by atoms with van der Waals surface area (Å²) in [5, 5.41) is 7.81. The van der Waals surface area contributed by atoms with Crippen LogP contribution in [-0.4, -0.2) is 9.78 Å². The van der Waals surface area contributed by atoms with Gasteiger partial charge in [0.05, 0.1) is 17.1 Å². The van der Waals surface area contributed by atoms with Crippen LogP contribution in [0.5, 0.6) is 0 Å². The normalized spacial score (nSPS) is 10.6. The predicted octanol–water partition coefficient (Wildman–Crippen LogP) is 2.49. The SMILES string of the molecule is CCc1nn(C)cc1CNc1cc(C)ccc1N. The summed E-state index contributed by atoms with van der Waals surface area (Å²) in [7, 11) is 1.95. The van der Waals surface area contributed by atoms with Crippen molar-refractivity contribution in [1.29, 1.82) is 0 Å². The van der Waals surface area contributed by atoms with E-state index in [1.165, 1.54) is 11.1 Å². The third kappa shape index (κ3) is 2.64. The zero-order valence-corrected chi connectivity index (χ0v) is 11.2. The van der Waals surface area contributed by atoms with E-state index < -0.39 is 0 Å². The van der Waals surface area contributed by atoms with E-state index in [9.17, 15) is 0 Å². The van der Waals surface area contributed by atoms with Crippen LogP contribution in [0.15, 0.2) is 24.4 Å². The number of benzene rings is 1. The Hall–Kier alpha value is -1.97. The molecule has 96 valence electrons. The largest absolute Gasteiger partial charge is 0.397 e. The van der Waals surface area contributed by atoms with Crippen LogP contribution < -0.4 is 11.1 Å². The van der Waals surface area contributed by atoms with Crippen LogP contribution >= 0.6 is 0 Å². The van der Waals surface area contributed by atoms with Crippen molar-refractivity contribution in [2.24, 2.45) is 7.05 Å². The molecule has 1 aromatic heterocycles. The number of nitrogen functional groups attached to an aromatic ring is 1. The first-order valence-electron chi connectivity index (χ1n) is 6.21. The van der Waals surface area contributed by atoms with Gasteiger partial charge in [-0.3, -0.25) is 4.68 Å². The van der Waals surface area contributed by atoms with Crippen molar-refractivity contribution >= 4 is 11.4 Å². The minimum absolute atomic E-state index is 0.755. The second-order valence-corrected chi connectivity index (χ2v) is 4.57. The van der Waals surface area contributed by atoms with Gasteiger partial charge in [-0.15, -0.1) is 0 Å². The van der Waals surface area contributed by atoms with Crippen molar-refractivity contribution in [3.63, 3.8) is 0 Å². The maximum atomic E-state index is 5.95. The quantitative estimate of drug-likeness (QED) is 0.812. The molecule has 0 aliphatic heterocycles. The van der Waals surface area contributed by atoms with E-state index in [0.717, 1.165) is 30.0 Å². The lowest BCUT2D eigenvalue weighted by Gasteiger charge is -2.09. The number of nitrogens with zero attached hydrogens (tertiary/aromatic N) is 2. The summed E-state index contributed by atoms with van der Waals surface area (Å²) in [4.78, 5) is 0. The number of nitrogens with one attached hydrogen (secondary N) is 1. The van der Waals surface area contributed by atoms with Crippen LogP contribution in [0.2, 0.25) is 0 Å². The third-order valence-electron chi connectivity index (χ3n) is 3.00. The molecule has 0 spiro atoms. The van der Waals surface area contributed by atoms with E-state index in [1.54, 1.807) is 0 Å². The Balaban J connectivity index is 2.13. The van der Waals surface area contributed by atoms with Gasteiger partial charge < -0.3 is 11.1 Å². The Morgan fingerprint density at radius 3 is 2.89 bits per heavy atom. The number of rotatable bonds is 4. The molecule has 0 amide bonds. The fourth-order valence-corrected chi connectivity index (χ4v) is 2.04. The fourth-order valence-electron chi connectivity index (χ4n) is 2.04. The molecule has 0 radical (unpaired) electrons. The zero-order chi connectivity index (χ0) is 13.1. The molecule has 18 heavy (non-hydrogen) atoms. The summed E-state index contributed by atoms with van der Waals surface area (Å²) in [6.45, 7) is 4.93. The lowest BCUT2D eigenvalue weighted by molar-refractivity contribution is 0.746. The van der Waals surface area contributed by atoms with Gasteiger partial charge in [-0.25, -0.2) is 0 Å². The molecule has 1 aromatic carbocycles. The number of nitrogens with two attached hydrogens (primary N) is 1. The monoisotopic (exact) mass is 244 g/mol. The van der Waals surface area contributed by atoms with E-state index in [1.807, 2.05) is 23.9 Å². The van der Waals surface area contributed by atoms with Gasteiger partial charge >= 0.3 is 0 Å². The predicted molar refractivity (Wildman–Crippen MR) is 75.5 cm³/mol. The topological polar surface area (TPSA) is 55.9 Å². The minimum Gasteiger partial charge on any atom is -0.397 e. The van der Waals surface area contributed by atoms with E-state index >= 15 is 0 Å². The molecule has 2 aromatic rings. The van der Waals surface area contributed by atoms with Crippen molar-refractivity contribution in [3.8, 4) is 0 Å². The average molecular weight is 244 g/mol. The number of anilines is 2. The maximum Gasteiger partial charge on any atom is 0.0671 e. The molecule has 0 unspecified atom stereocenters. The lowest BCUT2D eigenvalue weighted by Crippen LogP contribution is -2.03. The molecule has 0 saturated carbocycles. The molecule has 1 heterocycles. The van der Waals surface area contributed by atoms with E-state index in [2.05, 4.69) is 36.5 Å². The first-order chi connectivity index (χ1) is 8.60. The summed E-state index contributed by atoms with van der Waals surface area (Å²) < 4.78 is 1.86. The number of aryl methyl sites for hydroxylation is 3. The molecule has 0 aliphatic rings. The molecule has 2 rings (SSSR count). The molecule has 4 nitrogen and oxygen atoms in total. The summed E-state index contributed by atoms with van der Waals surface area (Å²) >= 11 is 0. The molecular weight excluding hydrogens is 224 g/mol. The zero-order valence-electron chi connectivity index (χ0n) is 11.2. The molecule has 0 atom stereocenters. The van der Waals surface area contributed by atoms with Gasteiger partial charge in [0.15, 0.2) is 0 Å². The minimum atomic E-state index is 0.755. The highest BCUT2D eigenvalue weighted by molar-refractivity contribution is 5.67. The first-order valence-corrected chi connectivity index (χ1v) is 6.21. The smallest absolute Gasteiger partial charge is 0.0671 e. The lowest BCUT2D eigenvalue weighted by atomic mass is 10.1. The Bertz CT molecular complexity index is 543. The van der Waals surface area contributed by atoms with Crippen molar-refractivity contribution < 1.29 is 0 Å². The maximum absolute atomic E-state index is 5.95. The first kappa shape index (κ1) is 12.5. The third-order valence-corrected chi connectivity index (χ3v) is 3.00. The Morgan fingerprint density at radius 1 is 1.39 bits per heavy atom. The highest BCUT2D eigenvalue weighted by Crippen LogP contribution is 2.20. The summed E-state index contributed by atoms with van der Waals surface area (Å²) in [6, 6.07) is 6.01. The average Bonchev–Trinajstić information content (AvgIpc) is 2.71. The van der Waals surface area contributed by atoms with Crippen LogP contribution in [0.4, 0.5) is 11.4 Å². The van der Waals surface area contributed by atoms with Crippen molar-refractivity contribution in [2.75, 3.05) is 11.1 Å². The van der Waals surface area contributed by atoms with Gasteiger partial charge in [0, 0.05) is 25.4 Å². The van der Waals surface area contributed by atoms with E-state index in [0.29, 0.717) is 0 Å². The highest BCUT2D eigenvalue weighted by Gasteiger charge is 2.06. The number of hydrogen-bond acceptors (Lipinski definition) is 3. The van der Waals surface area contributed by atoms with Gasteiger partial charge in [-0.2, -0.15) is 5.10 Å². The van der Waals surface area contributed by atoms with Crippen LogP contribution in [0.25, 0.3) is 0 Å².